The summed E-state index contributed by atoms with van der Waals surface area (Å²) in [6.45, 7) is 6.37. The largest absolute Gasteiger partial charge is 0.459 e. The summed E-state index contributed by atoms with van der Waals surface area (Å²) in [5.41, 5.74) is -9.00. The molecule has 0 aliphatic heterocycles. The maximum atomic E-state index is 15.4. The maximum Gasteiger partial charge on any atom is 0.338 e. The van der Waals surface area contributed by atoms with Gasteiger partial charge in [0.05, 0.1) is 29.7 Å². The van der Waals surface area contributed by atoms with E-state index in [4.69, 9.17) is 18.9 Å². The standard InChI is InChI=1S/C47H53NO15/c1-25-31(62-43(57)36(53)35(28-16-10-7-11-17-28)48-41(55)29-18-12-8-13-19-29)23-47(59)40(63-42(56)30-20-14-9-15-21-30)38-45(6,32(52)22-33(60-26(2)50)46(38,58)24-49)39(54)37(61-27(3)51)34(25)44(47,4)5/h7-21,31-33,35-38,40,49,52-53,58-59H,22-24H2,1-6H3,(H,48,55)/t31?,32-,33-,35?,36+,37+,38?,40?,45+,46-,47+/m0/s1. The van der Waals surface area contributed by atoms with Crippen LogP contribution in [0.4, 0.5) is 0 Å². The Labute approximate surface area is 363 Å². The van der Waals surface area contributed by atoms with Gasteiger partial charge in [0, 0.05) is 43.6 Å². The highest BCUT2D eigenvalue weighted by molar-refractivity contribution is 5.96. The number of hydrogen-bond donors (Lipinski definition) is 6. The number of ketones is 1. The van der Waals surface area contributed by atoms with E-state index >= 15 is 4.79 Å². The van der Waals surface area contributed by atoms with Gasteiger partial charge in [0.1, 0.15) is 29.5 Å². The van der Waals surface area contributed by atoms with E-state index in [-0.39, 0.29) is 22.3 Å². The molecule has 2 fully saturated rings. The lowest BCUT2D eigenvalue weighted by Gasteiger charge is -2.64. The Morgan fingerprint density at radius 1 is 0.794 bits per heavy atom. The number of aliphatic hydroxyl groups is 5. The highest BCUT2D eigenvalue weighted by Gasteiger charge is 2.75. The number of ether oxygens (including phenoxy) is 4. The van der Waals surface area contributed by atoms with Crippen molar-refractivity contribution in [2.24, 2.45) is 16.7 Å². The van der Waals surface area contributed by atoms with Crippen LogP contribution in [-0.4, -0.2) is 116 Å². The minimum Gasteiger partial charge on any atom is -0.459 e. The molecule has 63 heavy (non-hydrogen) atoms. The highest BCUT2D eigenvalue weighted by Crippen LogP contribution is 2.62. The molecule has 0 heterocycles. The van der Waals surface area contributed by atoms with Gasteiger partial charge in [-0.2, -0.15) is 0 Å². The average Bonchev–Trinajstić information content (AvgIpc) is 3.25. The summed E-state index contributed by atoms with van der Waals surface area (Å²) in [5.74, 6) is -8.00. The molecule has 0 radical (unpaired) electrons. The van der Waals surface area contributed by atoms with Crippen LogP contribution in [0.5, 0.6) is 0 Å². The zero-order valence-corrected chi connectivity index (χ0v) is 35.7. The van der Waals surface area contributed by atoms with E-state index in [2.05, 4.69) is 5.32 Å². The van der Waals surface area contributed by atoms with Crippen molar-refractivity contribution >= 4 is 35.6 Å². The fourth-order valence-corrected chi connectivity index (χ4v) is 9.81. The van der Waals surface area contributed by atoms with Gasteiger partial charge in [-0.05, 0) is 54.8 Å². The number of hydrogen-bond acceptors (Lipinski definition) is 15. The third-order valence-corrected chi connectivity index (χ3v) is 13.2. The van der Waals surface area contributed by atoms with Crippen LogP contribution in [0.15, 0.2) is 102 Å². The second-order valence-electron chi connectivity index (χ2n) is 17.3. The van der Waals surface area contributed by atoms with Gasteiger partial charge >= 0.3 is 23.9 Å². The van der Waals surface area contributed by atoms with E-state index in [0.717, 1.165) is 13.8 Å². The fraction of sp³-hybridized carbons (Fsp3) is 0.447. The normalized spacial score (nSPS) is 30.9. The van der Waals surface area contributed by atoms with Crippen LogP contribution in [0.2, 0.25) is 0 Å². The van der Waals surface area contributed by atoms with E-state index in [0.29, 0.717) is 5.56 Å². The van der Waals surface area contributed by atoms with Crippen molar-refractivity contribution in [3.63, 3.8) is 0 Å². The van der Waals surface area contributed by atoms with E-state index in [1.54, 1.807) is 54.6 Å². The number of benzene rings is 3. The first-order valence-electron chi connectivity index (χ1n) is 20.5. The Morgan fingerprint density at radius 2 is 1.33 bits per heavy atom. The molecule has 336 valence electrons. The summed E-state index contributed by atoms with van der Waals surface area (Å²) in [7, 11) is 0. The number of esters is 4. The molecule has 1 amide bonds. The molecule has 3 aliphatic rings. The van der Waals surface area contributed by atoms with E-state index < -0.39 is 126 Å². The lowest BCUT2D eigenvalue weighted by atomic mass is 9.45. The third-order valence-electron chi connectivity index (χ3n) is 13.2. The van der Waals surface area contributed by atoms with Gasteiger partial charge in [0.15, 0.2) is 18.0 Å². The Kier molecular flexibility index (Phi) is 13.2. The van der Waals surface area contributed by atoms with Crippen LogP contribution >= 0.6 is 0 Å². The van der Waals surface area contributed by atoms with Crippen molar-refractivity contribution < 1.29 is 73.2 Å². The zero-order valence-electron chi connectivity index (χ0n) is 35.7. The first kappa shape index (κ1) is 46.7. The zero-order chi connectivity index (χ0) is 46.2. The smallest absolute Gasteiger partial charge is 0.338 e. The summed E-state index contributed by atoms with van der Waals surface area (Å²) in [4.78, 5) is 82.7. The van der Waals surface area contributed by atoms with E-state index in [1.807, 2.05) is 0 Å². The van der Waals surface area contributed by atoms with Crippen molar-refractivity contribution in [3.8, 4) is 0 Å². The number of nitrogens with one attached hydrogen (secondary N) is 1. The van der Waals surface area contributed by atoms with Gasteiger partial charge in [-0.25, -0.2) is 9.59 Å². The summed E-state index contributed by atoms with van der Waals surface area (Å²) < 4.78 is 23.5. The molecule has 3 aliphatic carbocycles. The Bertz CT molecular complexity index is 2260. The van der Waals surface area contributed by atoms with Gasteiger partial charge in [0.25, 0.3) is 5.91 Å². The topological polar surface area (TPSA) is 253 Å². The lowest BCUT2D eigenvalue weighted by Crippen LogP contribution is -2.78. The van der Waals surface area contributed by atoms with Gasteiger partial charge in [0.2, 0.25) is 0 Å². The van der Waals surface area contributed by atoms with Crippen molar-refractivity contribution in [1.29, 1.82) is 0 Å². The summed E-state index contributed by atoms with van der Waals surface area (Å²) in [6.07, 6.45) is -12.7. The second kappa shape index (κ2) is 17.8. The summed E-state index contributed by atoms with van der Waals surface area (Å²) >= 11 is 0. The lowest BCUT2D eigenvalue weighted by molar-refractivity contribution is -0.287. The molecule has 11 atom stereocenters. The Hall–Kier alpha value is -5.78. The van der Waals surface area contributed by atoms with Crippen LogP contribution in [0.25, 0.3) is 0 Å². The highest BCUT2D eigenvalue weighted by atomic mass is 16.6. The van der Waals surface area contributed by atoms with Gasteiger partial charge in [-0.15, -0.1) is 0 Å². The predicted molar refractivity (Wildman–Crippen MR) is 221 cm³/mol. The molecule has 16 heteroatoms. The number of aliphatic hydroxyl groups excluding tert-OH is 3. The van der Waals surface area contributed by atoms with Gasteiger partial charge in [-0.1, -0.05) is 80.6 Å². The van der Waals surface area contributed by atoms with Gasteiger partial charge in [-0.3, -0.25) is 19.2 Å². The number of carbonyl (C=O) groups is 6. The molecular weight excluding hydrogens is 819 g/mol. The second-order valence-corrected chi connectivity index (χ2v) is 17.3. The molecule has 2 saturated carbocycles. The van der Waals surface area contributed by atoms with Crippen molar-refractivity contribution in [3.05, 3.63) is 119 Å². The number of carbonyl (C=O) groups excluding carboxylic acids is 6. The number of fused-ring (bicyclic) bond motifs is 3. The molecule has 6 rings (SSSR count). The average molecular weight is 872 g/mol. The predicted octanol–water partition coefficient (Wildman–Crippen LogP) is 2.69. The molecule has 0 spiro atoms. The molecule has 2 bridgehead atoms. The Morgan fingerprint density at radius 3 is 1.87 bits per heavy atom. The van der Waals surface area contributed by atoms with Gasteiger partial charge < -0.3 is 49.8 Å². The minimum absolute atomic E-state index is 0.0365. The van der Waals surface area contributed by atoms with Crippen LogP contribution < -0.4 is 5.32 Å². The molecule has 3 aromatic rings. The molecule has 3 aromatic carbocycles. The van der Waals surface area contributed by atoms with Crippen molar-refractivity contribution in [2.45, 2.75) is 108 Å². The van der Waals surface area contributed by atoms with Crippen molar-refractivity contribution in [1.82, 2.24) is 5.32 Å². The van der Waals surface area contributed by atoms with Crippen LogP contribution in [0.1, 0.15) is 86.7 Å². The van der Waals surface area contributed by atoms with Crippen LogP contribution in [0, 0.1) is 16.7 Å². The molecule has 0 saturated heterocycles. The fourth-order valence-electron chi connectivity index (χ4n) is 9.81. The molecule has 4 unspecified atom stereocenters. The summed E-state index contributed by atoms with van der Waals surface area (Å²) in [5, 5.41) is 63.9. The maximum absolute atomic E-state index is 15.4. The minimum atomic E-state index is -2.75. The number of Topliss-reactive ketones (excluding diaryl/α,β-unsaturated/α-hetero) is 1. The first-order valence-corrected chi connectivity index (χ1v) is 20.5. The van der Waals surface area contributed by atoms with E-state index in [1.165, 1.54) is 64.1 Å². The first-order chi connectivity index (χ1) is 29.6. The molecule has 0 aromatic heterocycles. The molecule has 6 N–H and O–H groups in total. The molecular formula is C47H53NO15. The monoisotopic (exact) mass is 871 g/mol. The summed E-state index contributed by atoms with van der Waals surface area (Å²) in [6, 6.07) is 22.3. The van der Waals surface area contributed by atoms with Crippen LogP contribution in [-0.2, 0) is 38.1 Å². The van der Waals surface area contributed by atoms with E-state index in [9.17, 15) is 49.5 Å². The third kappa shape index (κ3) is 8.29. The quantitative estimate of drug-likeness (QED) is 0.0921. The van der Waals surface area contributed by atoms with Crippen LogP contribution in [0.3, 0.4) is 0 Å². The number of rotatable bonds is 11. The van der Waals surface area contributed by atoms with Crippen molar-refractivity contribution in [2.75, 3.05) is 6.61 Å². The SMILES string of the molecule is CC(=O)O[C@H]1C(=O)[C@@]2(C)C(C(OC(=O)c3ccccc3)[C@]3(O)CC(OC(=O)[C@H](O)C(NC(=O)c4ccccc4)c4ccccc4)C(C)=C1C3(C)C)[C@](O)(CO)[C@@H](OC(C)=O)C[C@@H]2O. The Balaban J connectivity index is 1.54. The number of amides is 1. The molecule has 16 nitrogen and oxygen atoms in total.